The normalized spacial score (nSPS) is 13.6. The summed E-state index contributed by atoms with van der Waals surface area (Å²) in [4.78, 5) is 10.9. The molecule has 0 aliphatic carbocycles. The summed E-state index contributed by atoms with van der Waals surface area (Å²) in [7, 11) is 0. The van der Waals surface area contributed by atoms with Crippen LogP contribution in [0.4, 0.5) is 0 Å². The average Bonchev–Trinajstić information content (AvgIpc) is 2.28. The van der Waals surface area contributed by atoms with Crippen molar-refractivity contribution < 1.29 is 9.90 Å². The van der Waals surface area contributed by atoms with Crippen LogP contribution in [0.1, 0.15) is 33.3 Å². The molecule has 1 rings (SSSR count). The van der Waals surface area contributed by atoms with E-state index in [-0.39, 0.29) is 5.41 Å². The molecule has 0 aromatic heterocycles. The number of allylic oxidation sites excluding steroid dienone is 2. The second kappa shape index (κ2) is 5.67. The van der Waals surface area contributed by atoms with Gasteiger partial charge in [0.15, 0.2) is 0 Å². The van der Waals surface area contributed by atoms with Gasteiger partial charge in [0.2, 0.25) is 0 Å². The van der Waals surface area contributed by atoms with Crippen molar-refractivity contribution in [2.45, 2.75) is 27.7 Å². The molecule has 0 saturated heterocycles. The Balaban J connectivity index is 3.20. The first-order valence-electron chi connectivity index (χ1n) is 5.99. The summed E-state index contributed by atoms with van der Waals surface area (Å²) in [6.07, 6.45) is 3.78. The summed E-state index contributed by atoms with van der Waals surface area (Å²) in [5.74, 6) is -0.877. The van der Waals surface area contributed by atoms with E-state index in [0.29, 0.717) is 5.57 Å². The SMILES string of the molecule is CC(=CC(=Cc1ccccc1)C(C)(C)C)C(=O)O. The summed E-state index contributed by atoms with van der Waals surface area (Å²) >= 11 is 0. The van der Waals surface area contributed by atoms with E-state index in [9.17, 15) is 4.79 Å². The Morgan fingerprint density at radius 2 is 1.72 bits per heavy atom. The zero-order valence-electron chi connectivity index (χ0n) is 11.4. The number of rotatable bonds is 3. The highest BCUT2D eigenvalue weighted by atomic mass is 16.4. The van der Waals surface area contributed by atoms with Gasteiger partial charge in [-0.2, -0.15) is 0 Å². The van der Waals surface area contributed by atoms with Gasteiger partial charge in [0.25, 0.3) is 0 Å². The van der Waals surface area contributed by atoms with Crippen LogP contribution in [0.5, 0.6) is 0 Å². The monoisotopic (exact) mass is 244 g/mol. The van der Waals surface area contributed by atoms with Crippen molar-refractivity contribution in [1.82, 2.24) is 0 Å². The average molecular weight is 244 g/mol. The van der Waals surface area contributed by atoms with E-state index < -0.39 is 5.97 Å². The maximum absolute atomic E-state index is 10.9. The summed E-state index contributed by atoms with van der Waals surface area (Å²) in [6, 6.07) is 9.93. The molecule has 0 atom stereocenters. The molecule has 1 aromatic carbocycles. The Hall–Kier alpha value is -1.83. The van der Waals surface area contributed by atoms with Crippen LogP contribution >= 0.6 is 0 Å². The second-order valence-corrected chi connectivity index (χ2v) is 5.39. The molecule has 0 fully saturated rings. The molecule has 2 heteroatoms. The van der Waals surface area contributed by atoms with Crippen LogP contribution in [0.3, 0.4) is 0 Å². The second-order valence-electron chi connectivity index (χ2n) is 5.39. The fourth-order valence-electron chi connectivity index (χ4n) is 1.50. The topological polar surface area (TPSA) is 37.3 Å². The zero-order valence-corrected chi connectivity index (χ0v) is 11.4. The van der Waals surface area contributed by atoms with Crippen molar-refractivity contribution in [3.05, 3.63) is 53.1 Å². The highest BCUT2D eigenvalue weighted by Gasteiger charge is 2.16. The molecule has 0 unspecified atom stereocenters. The fraction of sp³-hybridized carbons (Fsp3) is 0.312. The maximum atomic E-state index is 10.9. The third-order valence-electron chi connectivity index (χ3n) is 2.70. The highest BCUT2D eigenvalue weighted by Crippen LogP contribution is 2.29. The van der Waals surface area contributed by atoms with Crippen molar-refractivity contribution in [3.8, 4) is 0 Å². The van der Waals surface area contributed by atoms with Gasteiger partial charge in [-0.25, -0.2) is 4.79 Å². The number of carboxylic acids is 1. The first kappa shape index (κ1) is 14.2. The minimum Gasteiger partial charge on any atom is -0.478 e. The molecule has 1 aromatic rings. The fourth-order valence-corrected chi connectivity index (χ4v) is 1.50. The first-order chi connectivity index (χ1) is 8.30. The van der Waals surface area contributed by atoms with Gasteiger partial charge in [0.1, 0.15) is 0 Å². The van der Waals surface area contributed by atoms with E-state index in [2.05, 4.69) is 20.8 Å². The van der Waals surface area contributed by atoms with Gasteiger partial charge in [-0.15, -0.1) is 0 Å². The lowest BCUT2D eigenvalue weighted by Crippen LogP contribution is -2.09. The summed E-state index contributed by atoms with van der Waals surface area (Å²) < 4.78 is 0. The Bertz CT molecular complexity index is 474. The molecule has 96 valence electrons. The van der Waals surface area contributed by atoms with E-state index in [1.807, 2.05) is 36.4 Å². The number of carbonyl (C=O) groups is 1. The van der Waals surface area contributed by atoms with Crippen LogP contribution in [-0.2, 0) is 4.79 Å². The minimum absolute atomic E-state index is 0.0907. The van der Waals surface area contributed by atoms with Crippen molar-refractivity contribution in [1.29, 1.82) is 0 Å². The number of aliphatic carboxylic acids is 1. The van der Waals surface area contributed by atoms with Crippen molar-refractivity contribution in [2.75, 3.05) is 0 Å². The van der Waals surface area contributed by atoms with Crippen molar-refractivity contribution in [3.63, 3.8) is 0 Å². The summed E-state index contributed by atoms with van der Waals surface area (Å²) in [6.45, 7) is 7.85. The van der Waals surface area contributed by atoms with Crippen LogP contribution in [-0.4, -0.2) is 11.1 Å². The molecule has 1 N–H and O–H groups in total. The van der Waals surface area contributed by atoms with Crippen LogP contribution in [0.15, 0.2) is 47.6 Å². The molecule has 0 bridgehead atoms. The Kier molecular flexibility index (Phi) is 4.49. The van der Waals surface area contributed by atoms with Crippen molar-refractivity contribution in [2.24, 2.45) is 5.41 Å². The lowest BCUT2D eigenvalue weighted by Gasteiger charge is -2.21. The number of carboxylic acid groups (broad SMARTS) is 1. The third kappa shape index (κ3) is 4.21. The first-order valence-corrected chi connectivity index (χ1v) is 5.99. The minimum atomic E-state index is -0.877. The van der Waals surface area contributed by atoms with Crippen LogP contribution in [0, 0.1) is 5.41 Å². The molecule has 0 aliphatic heterocycles. The van der Waals surface area contributed by atoms with E-state index >= 15 is 0 Å². The molecule has 0 saturated carbocycles. The Morgan fingerprint density at radius 1 is 1.17 bits per heavy atom. The zero-order chi connectivity index (χ0) is 13.8. The molecule has 0 aliphatic rings. The lowest BCUT2D eigenvalue weighted by atomic mass is 9.84. The van der Waals surface area contributed by atoms with Crippen LogP contribution in [0.2, 0.25) is 0 Å². The molecule has 0 amide bonds. The van der Waals surface area contributed by atoms with E-state index in [4.69, 9.17) is 5.11 Å². The van der Waals surface area contributed by atoms with Gasteiger partial charge < -0.3 is 5.11 Å². The Morgan fingerprint density at radius 3 is 2.17 bits per heavy atom. The van der Waals surface area contributed by atoms with Crippen molar-refractivity contribution >= 4 is 12.0 Å². The number of benzene rings is 1. The van der Waals surface area contributed by atoms with E-state index in [1.54, 1.807) is 13.0 Å². The third-order valence-corrected chi connectivity index (χ3v) is 2.70. The van der Waals surface area contributed by atoms with Gasteiger partial charge in [-0.05, 0) is 29.6 Å². The van der Waals surface area contributed by atoms with Gasteiger partial charge in [0.05, 0.1) is 0 Å². The van der Waals surface area contributed by atoms with Gasteiger partial charge in [-0.1, -0.05) is 57.2 Å². The van der Waals surface area contributed by atoms with E-state index in [0.717, 1.165) is 11.1 Å². The molecular formula is C16H20O2. The summed E-state index contributed by atoms with van der Waals surface area (Å²) in [5, 5.41) is 8.97. The largest absolute Gasteiger partial charge is 0.478 e. The molecule has 18 heavy (non-hydrogen) atoms. The molecule has 0 spiro atoms. The van der Waals surface area contributed by atoms with Gasteiger partial charge in [-0.3, -0.25) is 0 Å². The highest BCUT2D eigenvalue weighted by molar-refractivity contribution is 5.87. The quantitative estimate of drug-likeness (QED) is 0.640. The molecular weight excluding hydrogens is 224 g/mol. The van der Waals surface area contributed by atoms with Gasteiger partial charge in [0, 0.05) is 5.57 Å². The lowest BCUT2D eigenvalue weighted by molar-refractivity contribution is -0.132. The maximum Gasteiger partial charge on any atom is 0.331 e. The smallest absolute Gasteiger partial charge is 0.331 e. The van der Waals surface area contributed by atoms with Crippen LogP contribution in [0.25, 0.3) is 6.08 Å². The molecule has 0 radical (unpaired) electrons. The van der Waals surface area contributed by atoms with Gasteiger partial charge >= 0.3 is 5.97 Å². The van der Waals surface area contributed by atoms with Crippen LogP contribution < -0.4 is 0 Å². The summed E-state index contributed by atoms with van der Waals surface area (Å²) in [5.41, 5.74) is 2.35. The standard InChI is InChI=1S/C16H20O2/c1-12(15(17)18)10-14(16(2,3)4)11-13-8-6-5-7-9-13/h5-11H,1-4H3,(H,17,18). The molecule has 2 nitrogen and oxygen atoms in total. The number of hydrogen-bond acceptors (Lipinski definition) is 1. The Labute approximate surface area is 109 Å². The molecule has 0 heterocycles. The van der Waals surface area contributed by atoms with E-state index in [1.165, 1.54) is 0 Å². The predicted octanol–water partition coefficient (Wildman–Crippen LogP) is 4.15. The predicted molar refractivity (Wildman–Crippen MR) is 75.3 cm³/mol. The number of hydrogen-bond donors (Lipinski definition) is 1.